The number of aromatic nitrogens is 3. The van der Waals surface area contributed by atoms with Crippen molar-refractivity contribution in [1.29, 1.82) is 0 Å². The van der Waals surface area contributed by atoms with Gasteiger partial charge in [0.05, 0.1) is 17.1 Å². The van der Waals surface area contributed by atoms with Crippen LogP contribution in [-0.4, -0.2) is 38.6 Å². The van der Waals surface area contributed by atoms with Gasteiger partial charge in [0.15, 0.2) is 0 Å². The fourth-order valence-corrected chi connectivity index (χ4v) is 5.33. The van der Waals surface area contributed by atoms with Gasteiger partial charge in [-0.1, -0.05) is 23.4 Å². The Hall–Kier alpha value is -2.93. The van der Waals surface area contributed by atoms with Gasteiger partial charge in [0.1, 0.15) is 11.6 Å². The molecule has 0 spiro atoms. The standard InChI is InChI=1S/C23H24N4O2S/c1-15-19(16(2)29-25-15)14-27-12-9-24-22(27)17-7-10-26(11-8-17)23(28)21-13-18-5-3-4-6-20(18)30-21/h3-6,9,12-13,17H,7-8,10-11,14H2,1-2H3. The molecule has 1 aliphatic rings. The Morgan fingerprint density at radius 2 is 2.03 bits per heavy atom. The van der Waals surface area contributed by atoms with E-state index < -0.39 is 0 Å². The number of amides is 1. The van der Waals surface area contributed by atoms with Crippen LogP contribution in [0.5, 0.6) is 0 Å². The topological polar surface area (TPSA) is 64.2 Å². The molecule has 0 radical (unpaired) electrons. The second kappa shape index (κ2) is 7.72. The largest absolute Gasteiger partial charge is 0.361 e. The first-order valence-electron chi connectivity index (χ1n) is 10.3. The maximum absolute atomic E-state index is 13.0. The van der Waals surface area contributed by atoms with Gasteiger partial charge >= 0.3 is 0 Å². The monoisotopic (exact) mass is 420 g/mol. The molecule has 1 amide bonds. The van der Waals surface area contributed by atoms with Crippen LogP contribution in [0.3, 0.4) is 0 Å². The van der Waals surface area contributed by atoms with Crippen molar-refractivity contribution in [3.63, 3.8) is 0 Å². The van der Waals surface area contributed by atoms with Crippen molar-refractivity contribution in [3.8, 4) is 0 Å². The van der Waals surface area contributed by atoms with Gasteiger partial charge < -0.3 is 14.0 Å². The van der Waals surface area contributed by atoms with Crippen LogP contribution in [-0.2, 0) is 6.54 Å². The molecule has 0 N–H and O–H groups in total. The fraction of sp³-hybridized carbons (Fsp3) is 0.348. The number of thiophene rings is 1. The molecule has 1 saturated heterocycles. The van der Waals surface area contributed by atoms with Gasteiger partial charge in [0.25, 0.3) is 5.91 Å². The molecule has 3 aromatic heterocycles. The summed E-state index contributed by atoms with van der Waals surface area (Å²) in [7, 11) is 0. The van der Waals surface area contributed by atoms with Crippen LogP contribution >= 0.6 is 11.3 Å². The minimum absolute atomic E-state index is 0.147. The molecule has 5 rings (SSSR count). The van der Waals surface area contributed by atoms with Gasteiger partial charge in [-0.15, -0.1) is 11.3 Å². The number of hydrogen-bond donors (Lipinski definition) is 0. The number of imidazole rings is 1. The average molecular weight is 421 g/mol. The molecule has 1 aromatic carbocycles. The van der Waals surface area contributed by atoms with Crippen LogP contribution in [0.2, 0.25) is 0 Å². The summed E-state index contributed by atoms with van der Waals surface area (Å²) in [6, 6.07) is 10.2. The lowest BCUT2D eigenvalue weighted by atomic mass is 9.95. The average Bonchev–Trinajstić information content (AvgIpc) is 3.48. The normalized spacial score (nSPS) is 15.2. The Morgan fingerprint density at radius 3 is 2.77 bits per heavy atom. The van der Waals surface area contributed by atoms with Crippen LogP contribution in [0.25, 0.3) is 10.1 Å². The van der Waals surface area contributed by atoms with Crippen molar-refractivity contribution < 1.29 is 9.32 Å². The smallest absolute Gasteiger partial charge is 0.263 e. The molecule has 4 aromatic rings. The third-order valence-electron chi connectivity index (χ3n) is 6.04. The van der Waals surface area contributed by atoms with Gasteiger partial charge in [-0.3, -0.25) is 4.79 Å². The van der Waals surface area contributed by atoms with Gasteiger partial charge in [-0.05, 0) is 44.2 Å². The van der Waals surface area contributed by atoms with Crippen molar-refractivity contribution in [2.75, 3.05) is 13.1 Å². The lowest BCUT2D eigenvalue weighted by Crippen LogP contribution is -2.38. The highest BCUT2D eigenvalue weighted by Crippen LogP contribution is 2.31. The number of piperidine rings is 1. The Balaban J connectivity index is 1.27. The first kappa shape index (κ1) is 19.1. The van der Waals surface area contributed by atoms with E-state index in [0.29, 0.717) is 5.92 Å². The predicted octanol–water partition coefficient (Wildman–Crippen LogP) is 4.77. The van der Waals surface area contributed by atoms with Crippen LogP contribution in [0.15, 0.2) is 47.2 Å². The summed E-state index contributed by atoms with van der Waals surface area (Å²) in [6.07, 6.45) is 5.74. The van der Waals surface area contributed by atoms with Gasteiger partial charge in [-0.25, -0.2) is 4.98 Å². The summed E-state index contributed by atoms with van der Waals surface area (Å²) in [5.74, 6) is 2.44. The van der Waals surface area contributed by atoms with E-state index in [4.69, 9.17) is 4.52 Å². The SMILES string of the molecule is Cc1noc(C)c1Cn1ccnc1C1CCN(C(=O)c2cc3ccccc3s2)CC1. The number of carbonyl (C=O) groups is 1. The molecule has 0 aliphatic carbocycles. The minimum Gasteiger partial charge on any atom is -0.361 e. The van der Waals surface area contributed by atoms with E-state index >= 15 is 0 Å². The summed E-state index contributed by atoms with van der Waals surface area (Å²) >= 11 is 1.58. The molecule has 154 valence electrons. The highest BCUT2D eigenvalue weighted by Gasteiger charge is 2.28. The number of benzene rings is 1. The molecular weight excluding hydrogens is 396 g/mol. The van der Waals surface area contributed by atoms with Crippen molar-refractivity contribution in [3.05, 3.63) is 70.4 Å². The van der Waals surface area contributed by atoms with E-state index in [1.54, 1.807) is 11.3 Å². The zero-order valence-corrected chi connectivity index (χ0v) is 18.0. The summed E-state index contributed by atoms with van der Waals surface area (Å²) in [6.45, 7) is 6.16. The molecule has 0 unspecified atom stereocenters. The van der Waals surface area contributed by atoms with Gasteiger partial charge in [-0.2, -0.15) is 0 Å². The molecule has 1 aliphatic heterocycles. The predicted molar refractivity (Wildman–Crippen MR) is 117 cm³/mol. The lowest BCUT2D eigenvalue weighted by molar-refractivity contribution is 0.0715. The highest BCUT2D eigenvalue weighted by molar-refractivity contribution is 7.20. The first-order chi connectivity index (χ1) is 14.6. The fourth-order valence-electron chi connectivity index (χ4n) is 4.30. The minimum atomic E-state index is 0.147. The van der Waals surface area contributed by atoms with E-state index in [-0.39, 0.29) is 5.91 Å². The lowest BCUT2D eigenvalue weighted by Gasteiger charge is -2.31. The number of aryl methyl sites for hydroxylation is 2. The van der Waals surface area contributed by atoms with Crippen molar-refractivity contribution in [1.82, 2.24) is 19.6 Å². The molecule has 6 nitrogen and oxygen atoms in total. The van der Waals surface area contributed by atoms with Crippen LogP contribution in [0.1, 0.15) is 51.3 Å². The number of rotatable bonds is 4. The zero-order chi connectivity index (χ0) is 20.7. The van der Waals surface area contributed by atoms with E-state index in [0.717, 1.165) is 70.3 Å². The van der Waals surface area contributed by atoms with Gasteiger partial charge in [0.2, 0.25) is 0 Å². The molecule has 0 atom stereocenters. The molecule has 7 heteroatoms. The summed E-state index contributed by atoms with van der Waals surface area (Å²) in [4.78, 5) is 20.5. The Bertz CT molecular complexity index is 1140. The molecule has 0 saturated carbocycles. The van der Waals surface area contributed by atoms with Crippen LogP contribution in [0.4, 0.5) is 0 Å². The van der Waals surface area contributed by atoms with E-state index in [9.17, 15) is 4.79 Å². The number of hydrogen-bond acceptors (Lipinski definition) is 5. The quantitative estimate of drug-likeness (QED) is 0.477. The summed E-state index contributed by atoms with van der Waals surface area (Å²) in [5, 5.41) is 5.20. The molecule has 1 fully saturated rings. The highest BCUT2D eigenvalue weighted by atomic mass is 32.1. The second-order valence-electron chi connectivity index (χ2n) is 7.93. The van der Waals surface area contributed by atoms with Gasteiger partial charge in [0, 0.05) is 41.7 Å². The van der Waals surface area contributed by atoms with Crippen molar-refractivity contribution in [2.45, 2.75) is 39.2 Å². The summed E-state index contributed by atoms with van der Waals surface area (Å²) < 4.78 is 8.67. The number of likely N-dealkylation sites (tertiary alicyclic amines) is 1. The Labute approximate surface area is 179 Å². The molecular formula is C23H24N4O2S. The van der Waals surface area contributed by atoms with Crippen LogP contribution < -0.4 is 0 Å². The number of carbonyl (C=O) groups excluding carboxylic acids is 1. The first-order valence-corrected chi connectivity index (χ1v) is 11.1. The van der Waals surface area contributed by atoms with E-state index in [2.05, 4.69) is 26.8 Å². The summed E-state index contributed by atoms with van der Waals surface area (Å²) in [5.41, 5.74) is 2.04. The maximum atomic E-state index is 13.0. The van der Waals surface area contributed by atoms with E-state index in [1.807, 2.05) is 49.3 Å². The molecule has 4 heterocycles. The maximum Gasteiger partial charge on any atom is 0.263 e. The second-order valence-corrected chi connectivity index (χ2v) is 9.01. The molecule has 30 heavy (non-hydrogen) atoms. The number of nitrogens with zero attached hydrogens (tertiary/aromatic N) is 4. The zero-order valence-electron chi connectivity index (χ0n) is 17.2. The third-order valence-corrected chi connectivity index (χ3v) is 7.15. The molecule has 0 bridgehead atoms. The Kier molecular flexibility index (Phi) is 4.90. The van der Waals surface area contributed by atoms with E-state index in [1.165, 1.54) is 0 Å². The van der Waals surface area contributed by atoms with Crippen LogP contribution in [0, 0.1) is 13.8 Å². The third kappa shape index (κ3) is 3.43. The van der Waals surface area contributed by atoms with Crippen molar-refractivity contribution in [2.24, 2.45) is 0 Å². The van der Waals surface area contributed by atoms with Crippen molar-refractivity contribution >= 4 is 27.3 Å². The number of fused-ring (bicyclic) bond motifs is 1. The Morgan fingerprint density at radius 1 is 1.23 bits per heavy atom.